The number of rotatable bonds is 5. The molecule has 0 spiro atoms. The first-order chi connectivity index (χ1) is 8.34. The van der Waals surface area contributed by atoms with Gasteiger partial charge in [0.05, 0.1) is 20.3 Å². The normalized spacial score (nSPS) is 25.0. The van der Waals surface area contributed by atoms with Gasteiger partial charge in [-0.1, -0.05) is 19.1 Å². The number of ether oxygens (including phenoxy) is 1. The molecule has 0 bridgehead atoms. The largest absolute Gasteiger partial charge is 0.372 e. The van der Waals surface area contributed by atoms with E-state index in [0.29, 0.717) is 6.42 Å². The van der Waals surface area contributed by atoms with Crippen molar-refractivity contribution in [2.24, 2.45) is 0 Å². The van der Waals surface area contributed by atoms with Crippen LogP contribution >= 0.6 is 0 Å². The van der Waals surface area contributed by atoms with E-state index in [1.54, 1.807) is 0 Å². The number of morpholine rings is 1. The average molecular weight is 269 g/mol. The molecule has 1 rings (SSSR count). The second-order valence-electron chi connectivity index (χ2n) is 6.10. The van der Waals surface area contributed by atoms with Crippen molar-refractivity contribution in [3.63, 3.8) is 0 Å². The summed E-state index contributed by atoms with van der Waals surface area (Å²) >= 11 is 0. The molecule has 0 aromatic heterocycles. The Labute approximate surface area is 112 Å². The van der Waals surface area contributed by atoms with Crippen LogP contribution in [-0.4, -0.2) is 44.2 Å². The van der Waals surface area contributed by atoms with Gasteiger partial charge in [-0.05, 0) is 20.3 Å². The summed E-state index contributed by atoms with van der Waals surface area (Å²) < 4.78 is 5.64. The zero-order valence-corrected chi connectivity index (χ0v) is 13.2. The van der Waals surface area contributed by atoms with Gasteiger partial charge in [0.1, 0.15) is 0 Å². The minimum Gasteiger partial charge on any atom is -0.372 e. The van der Waals surface area contributed by atoms with E-state index in [-0.39, 0.29) is 18.1 Å². The summed E-state index contributed by atoms with van der Waals surface area (Å²) in [5.41, 5.74) is 2.11. The van der Waals surface area contributed by atoms with Gasteiger partial charge in [-0.3, -0.25) is 4.79 Å². The Hall–Kier alpha value is -0.613. The fourth-order valence-corrected chi connectivity index (χ4v) is 3.63. The summed E-state index contributed by atoms with van der Waals surface area (Å²) in [7, 11) is -1.25. The van der Waals surface area contributed by atoms with Crippen LogP contribution in [0.1, 0.15) is 26.7 Å². The van der Waals surface area contributed by atoms with Crippen LogP contribution in [0.3, 0.4) is 0 Å². The zero-order valence-electron chi connectivity index (χ0n) is 12.2. The van der Waals surface area contributed by atoms with Crippen molar-refractivity contribution in [3.8, 4) is 0 Å². The van der Waals surface area contributed by atoms with E-state index in [0.717, 1.165) is 25.6 Å². The molecule has 4 heteroatoms. The summed E-state index contributed by atoms with van der Waals surface area (Å²) in [4.78, 5) is 14.1. The molecular weight excluding hydrogens is 242 g/mol. The van der Waals surface area contributed by atoms with Crippen LogP contribution in [0.15, 0.2) is 12.3 Å². The van der Waals surface area contributed by atoms with Crippen LogP contribution in [0.25, 0.3) is 0 Å². The van der Waals surface area contributed by atoms with Crippen molar-refractivity contribution < 1.29 is 9.53 Å². The molecule has 1 fully saturated rings. The van der Waals surface area contributed by atoms with Crippen LogP contribution in [-0.2, 0) is 9.53 Å². The highest BCUT2D eigenvalue weighted by Gasteiger charge is 2.25. The molecule has 0 N–H and O–H groups in total. The van der Waals surface area contributed by atoms with Crippen molar-refractivity contribution in [2.75, 3.05) is 13.1 Å². The van der Waals surface area contributed by atoms with Gasteiger partial charge in [-0.2, -0.15) is 0 Å². The number of carbonyl (C=O) groups excluding carboxylic acids is 1. The Morgan fingerprint density at radius 2 is 1.94 bits per heavy atom. The molecule has 0 saturated carbocycles. The molecule has 104 valence electrons. The Bertz CT molecular complexity index is 294. The van der Waals surface area contributed by atoms with Crippen molar-refractivity contribution in [3.05, 3.63) is 12.3 Å². The predicted octanol–water partition coefficient (Wildman–Crippen LogP) is 2.84. The Balaban J connectivity index is 2.34. The summed E-state index contributed by atoms with van der Waals surface area (Å²) in [5, 5.41) is 0. The SMILES string of the molecule is C=C[Si](C)(C)CCCC(=O)N1CC(C)OC(C)C1. The number of amides is 1. The molecule has 0 aromatic rings. The van der Waals surface area contributed by atoms with Gasteiger partial charge < -0.3 is 9.64 Å². The highest BCUT2D eigenvalue weighted by atomic mass is 28.3. The molecule has 0 aromatic carbocycles. The highest BCUT2D eigenvalue weighted by Crippen LogP contribution is 2.17. The Kier molecular flexibility index (Phi) is 5.60. The van der Waals surface area contributed by atoms with E-state index in [2.05, 4.69) is 25.4 Å². The maximum Gasteiger partial charge on any atom is 0.222 e. The molecule has 1 heterocycles. The van der Waals surface area contributed by atoms with Crippen LogP contribution < -0.4 is 0 Å². The van der Waals surface area contributed by atoms with Gasteiger partial charge >= 0.3 is 0 Å². The van der Waals surface area contributed by atoms with Crippen LogP contribution in [0.4, 0.5) is 0 Å². The second-order valence-corrected chi connectivity index (χ2v) is 11.0. The molecule has 1 aliphatic rings. The lowest BCUT2D eigenvalue weighted by molar-refractivity contribution is -0.143. The molecule has 2 unspecified atom stereocenters. The van der Waals surface area contributed by atoms with Crippen molar-refractivity contribution in [2.45, 2.75) is 58.0 Å². The molecule has 2 atom stereocenters. The first-order valence-corrected chi connectivity index (χ1v) is 10.2. The third-order valence-corrected chi connectivity index (χ3v) is 6.28. The van der Waals surface area contributed by atoms with Gasteiger partial charge in [-0.25, -0.2) is 0 Å². The lowest BCUT2D eigenvalue weighted by Crippen LogP contribution is -2.48. The summed E-state index contributed by atoms with van der Waals surface area (Å²) in [6, 6.07) is 1.15. The van der Waals surface area contributed by atoms with Crippen LogP contribution in [0.2, 0.25) is 19.1 Å². The first kappa shape index (κ1) is 15.4. The van der Waals surface area contributed by atoms with E-state index in [1.807, 2.05) is 18.7 Å². The minimum atomic E-state index is -1.25. The van der Waals surface area contributed by atoms with Crippen LogP contribution in [0.5, 0.6) is 0 Å². The summed E-state index contributed by atoms with van der Waals surface area (Å²) in [6.07, 6.45) is 1.99. The van der Waals surface area contributed by atoms with Crippen LogP contribution in [0, 0.1) is 0 Å². The lowest BCUT2D eigenvalue weighted by Gasteiger charge is -2.35. The van der Waals surface area contributed by atoms with E-state index >= 15 is 0 Å². The molecule has 1 aliphatic heterocycles. The lowest BCUT2D eigenvalue weighted by atomic mass is 10.2. The summed E-state index contributed by atoms with van der Waals surface area (Å²) in [6.45, 7) is 14.0. The third-order valence-electron chi connectivity index (χ3n) is 3.54. The van der Waals surface area contributed by atoms with Gasteiger partial charge in [0.25, 0.3) is 0 Å². The molecule has 0 aliphatic carbocycles. The molecule has 3 nitrogen and oxygen atoms in total. The van der Waals surface area contributed by atoms with Crippen molar-refractivity contribution in [1.29, 1.82) is 0 Å². The highest BCUT2D eigenvalue weighted by molar-refractivity contribution is 6.82. The van der Waals surface area contributed by atoms with Gasteiger partial charge in [-0.15, -0.1) is 12.3 Å². The predicted molar refractivity (Wildman–Crippen MR) is 78.3 cm³/mol. The van der Waals surface area contributed by atoms with E-state index in [9.17, 15) is 4.79 Å². The zero-order chi connectivity index (χ0) is 13.8. The monoisotopic (exact) mass is 269 g/mol. The minimum absolute atomic E-state index is 0.164. The third kappa shape index (κ3) is 4.94. The molecule has 0 radical (unpaired) electrons. The van der Waals surface area contributed by atoms with E-state index in [1.165, 1.54) is 0 Å². The van der Waals surface area contributed by atoms with E-state index < -0.39 is 8.07 Å². The maximum absolute atomic E-state index is 12.1. The van der Waals surface area contributed by atoms with Gasteiger partial charge in [0, 0.05) is 19.5 Å². The second kappa shape index (κ2) is 6.52. The van der Waals surface area contributed by atoms with Crippen molar-refractivity contribution >= 4 is 14.0 Å². The molecular formula is C14H27NO2Si. The summed E-state index contributed by atoms with van der Waals surface area (Å²) in [5.74, 6) is 0.283. The average Bonchev–Trinajstić information content (AvgIpc) is 2.27. The topological polar surface area (TPSA) is 29.5 Å². The number of nitrogens with zero attached hydrogens (tertiary/aromatic N) is 1. The molecule has 1 saturated heterocycles. The quantitative estimate of drug-likeness (QED) is 0.718. The Morgan fingerprint density at radius 3 is 2.44 bits per heavy atom. The van der Waals surface area contributed by atoms with Crippen molar-refractivity contribution in [1.82, 2.24) is 4.90 Å². The fourth-order valence-electron chi connectivity index (χ4n) is 2.34. The number of carbonyl (C=O) groups is 1. The molecule has 1 amide bonds. The number of hydrogen-bond donors (Lipinski definition) is 0. The molecule has 18 heavy (non-hydrogen) atoms. The number of hydrogen-bond acceptors (Lipinski definition) is 2. The maximum atomic E-state index is 12.1. The van der Waals surface area contributed by atoms with Gasteiger partial charge in [0.15, 0.2) is 0 Å². The Morgan fingerprint density at radius 1 is 1.39 bits per heavy atom. The standard InChI is InChI=1S/C14H27NO2Si/c1-6-18(4,5)9-7-8-14(16)15-10-12(2)17-13(3)11-15/h6,12-13H,1,7-11H2,2-5H3. The first-order valence-electron chi connectivity index (χ1n) is 6.91. The smallest absolute Gasteiger partial charge is 0.222 e. The fraction of sp³-hybridized carbons (Fsp3) is 0.786. The van der Waals surface area contributed by atoms with E-state index in [4.69, 9.17) is 4.74 Å². The van der Waals surface area contributed by atoms with Gasteiger partial charge in [0.2, 0.25) is 5.91 Å².